The van der Waals surface area contributed by atoms with Crippen LogP contribution in [0.1, 0.15) is 32.9 Å². The number of aromatic nitrogens is 1. The Hall–Kier alpha value is -0.520. The minimum absolute atomic E-state index is 0.0144. The summed E-state index contributed by atoms with van der Waals surface area (Å²) in [7, 11) is -1.80. The second-order valence-electron chi connectivity index (χ2n) is 4.37. The first-order valence-electron chi connectivity index (χ1n) is 6.11. The molecule has 6 heteroatoms. The van der Waals surface area contributed by atoms with Crippen molar-refractivity contribution in [2.24, 2.45) is 0 Å². The zero-order valence-corrected chi connectivity index (χ0v) is 12.9. The van der Waals surface area contributed by atoms with Gasteiger partial charge in [0.05, 0.1) is 5.88 Å². The zero-order valence-electron chi connectivity index (χ0n) is 11.4. The molecule has 0 spiro atoms. The van der Waals surface area contributed by atoms with E-state index in [1.807, 2.05) is 25.3 Å². The Labute approximate surface area is 115 Å². The molecule has 0 aliphatic carbocycles. The Morgan fingerprint density at radius 3 is 2.44 bits per heavy atom. The predicted molar refractivity (Wildman–Crippen MR) is 74.4 cm³/mol. The van der Waals surface area contributed by atoms with E-state index in [0.29, 0.717) is 17.3 Å². The average Bonchev–Trinajstić information content (AvgIpc) is 2.80. The fraction of sp³-hybridized carbons (Fsp3) is 0.667. The molecular formula is C12H21ClN2O2S. The van der Waals surface area contributed by atoms with E-state index in [1.165, 1.54) is 4.31 Å². The van der Waals surface area contributed by atoms with Crippen molar-refractivity contribution in [3.05, 3.63) is 18.0 Å². The molecule has 0 aliphatic heterocycles. The van der Waals surface area contributed by atoms with Crippen LogP contribution >= 0.6 is 11.6 Å². The molecule has 1 atom stereocenters. The van der Waals surface area contributed by atoms with Crippen LogP contribution in [0.2, 0.25) is 0 Å². The van der Waals surface area contributed by atoms with Gasteiger partial charge in [-0.05, 0) is 26.3 Å². The van der Waals surface area contributed by atoms with Crippen molar-refractivity contribution in [1.29, 1.82) is 0 Å². The van der Waals surface area contributed by atoms with Gasteiger partial charge in [-0.3, -0.25) is 0 Å². The van der Waals surface area contributed by atoms with E-state index in [9.17, 15) is 8.42 Å². The third-order valence-corrected chi connectivity index (χ3v) is 5.54. The molecule has 0 saturated carbocycles. The second-order valence-corrected chi connectivity index (χ2v) is 6.63. The molecule has 18 heavy (non-hydrogen) atoms. The van der Waals surface area contributed by atoms with Crippen molar-refractivity contribution in [2.45, 2.75) is 50.6 Å². The van der Waals surface area contributed by atoms with E-state index in [-0.39, 0.29) is 6.04 Å². The molecule has 1 aromatic rings. The highest BCUT2D eigenvalue weighted by molar-refractivity contribution is 7.89. The van der Waals surface area contributed by atoms with Gasteiger partial charge in [0.1, 0.15) is 4.90 Å². The zero-order chi connectivity index (χ0) is 13.9. The van der Waals surface area contributed by atoms with Gasteiger partial charge in [0.15, 0.2) is 0 Å². The third kappa shape index (κ3) is 2.90. The molecule has 1 aromatic heterocycles. The summed E-state index contributed by atoms with van der Waals surface area (Å²) in [6.07, 6.45) is 2.44. The van der Waals surface area contributed by atoms with Crippen LogP contribution in [0.25, 0.3) is 0 Å². The van der Waals surface area contributed by atoms with Crippen LogP contribution in [0.3, 0.4) is 0 Å². The molecule has 0 N–H and O–H groups in total. The highest BCUT2D eigenvalue weighted by atomic mass is 35.5. The summed E-state index contributed by atoms with van der Waals surface area (Å²) in [6, 6.07) is 1.64. The molecule has 0 saturated heterocycles. The maximum Gasteiger partial charge on any atom is 0.244 e. The Balaban J connectivity index is 3.16. The van der Waals surface area contributed by atoms with Gasteiger partial charge in [-0.2, -0.15) is 4.31 Å². The monoisotopic (exact) mass is 292 g/mol. The number of alkyl halides is 1. The quantitative estimate of drug-likeness (QED) is 0.757. The summed E-state index contributed by atoms with van der Waals surface area (Å²) in [6.45, 7) is 6.55. The lowest BCUT2D eigenvalue weighted by Gasteiger charge is -2.22. The van der Waals surface area contributed by atoms with Crippen LogP contribution in [0, 0.1) is 0 Å². The Bertz CT molecular complexity index is 475. The van der Waals surface area contributed by atoms with E-state index in [1.54, 1.807) is 19.3 Å². The lowest BCUT2D eigenvalue weighted by atomic mass is 10.3. The molecule has 0 bridgehead atoms. The van der Waals surface area contributed by atoms with E-state index in [0.717, 1.165) is 12.1 Å². The number of halogens is 1. The normalized spacial score (nSPS) is 14.1. The van der Waals surface area contributed by atoms with Gasteiger partial charge >= 0.3 is 0 Å². The van der Waals surface area contributed by atoms with Crippen molar-refractivity contribution in [2.75, 3.05) is 7.05 Å². The van der Waals surface area contributed by atoms with Crippen molar-refractivity contribution in [3.63, 3.8) is 0 Å². The molecule has 4 nitrogen and oxygen atoms in total. The number of aryl methyl sites for hydroxylation is 1. The lowest BCUT2D eigenvalue weighted by Crippen LogP contribution is -2.34. The van der Waals surface area contributed by atoms with Gasteiger partial charge in [0.2, 0.25) is 10.0 Å². The lowest BCUT2D eigenvalue weighted by molar-refractivity contribution is 0.380. The number of hydrogen-bond donors (Lipinski definition) is 0. The number of sulfonamides is 1. The maximum atomic E-state index is 12.4. The Morgan fingerprint density at radius 1 is 1.44 bits per heavy atom. The first-order valence-corrected chi connectivity index (χ1v) is 8.08. The van der Waals surface area contributed by atoms with Crippen molar-refractivity contribution >= 4 is 21.6 Å². The van der Waals surface area contributed by atoms with Gasteiger partial charge in [0, 0.05) is 31.5 Å². The molecule has 0 aliphatic rings. The highest BCUT2D eigenvalue weighted by Crippen LogP contribution is 2.21. The third-order valence-electron chi connectivity index (χ3n) is 3.33. The largest absolute Gasteiger partial charge is 0.349 e. The molecule has 0 radical (unpaired) electrons. The van der Waals surface area contributed by atoms with Gasteiger partial charge in [-0.25, -0.2) is 8.42 Å². The van der Waals surface area contributed by atoms with Gasteiger partial charge in [-0.1, -0.05) is 6.92 Å². The van der Waals surface area contributed by atoms with Crippen LogP contribution in [0.15, 0.2) is 17.2 Å². The van der Waals surface area contributed by atoms with E-state index < -0.39 is 10.0 Å². The number of hydrogen-bond acceptors (Lipinski definition) is 2. The first-order chi connectivity index (χ1) is 8.38. The summed E-state index contributed by atoms with van der Waals surface area (Å²) < 4.78 is 28.1. The van der Waals surface area contributed by atoms with Gasteiger partial charge in [-0.15, -0.1) is 11.6 Å². The Kier molecular flexibility index (Phi) is 5.25. The predicted octanol–water partition coefficient (Wildman–Crippen LogP) is 2.67. The fourth-order valence-electron chi connectivity index (χ4n) is 1.73. The fourth-order valence-corrected chi connectivity index (χ4v) is 3.46. The summed E-state index contributed by atoms with van der Waals surface area (Å²) >= 11 is 5.81. The van der Waals surface area contributed by atoms with E-state index >= 15 is 0 Å². The molecule has 0 aromatic carbocycles. The van der Waals surface area contributed by atoms with Crippen molar-refractivity contribution in [3.8, 4) is 0 Å². The van der Waals surface area contributed by atoms with Crippen molar-refractivity contribution < 1.29 is 8.42 Å². The Morgan fingerprint density at radius 2 is 2.06 bits per heavy atom. The standard InChI is InChI=1S/C12H21ClN2O2S/c1-5-10(3)14(4)18(16,17)12-7-11(8-13)15(6-2)9-12/h7,9-10H,5-6,8H2,1-4H3. The van der Waals surface area contributed by atoms with Crippen LogP contribution in [0.4, 0.5) is 0 Å². The van der Waals surface area contributed by atoms with E-state index in [2.05, 4.69) is 0 Å². The van der Waals surface area contributed by atoms with Crippen molar-refractivity contribution in [1.82, 2.24) is 8.87 Å². The van der Waals surface area contributed by atoms with Crippen LogP contribution in [0.5, 0.6) is 0 Å². The van der Waals surface area contributed by atoms with Crippen LogP contribution in [-0.4, -0.2) is 30.4 Å². The minimum Gasteiger partial charge on any atom is -0.349 e. The van der Waals surface area contributed by atoms with Crippen LogP contribution < -0.4 is 0 Å². The molecule has 1 unspecified atom stereocenters. The van der Waals surface area contributed by atoms with E-state index in [4.69, 9.17) is 11.6 Å². The SMILES string of the molecule is CCC(C)N(C)S(=O)(=O)c1cc(CCl)n(CC)c1. The summed E-state index contributed by atoms with van der Waals surface area (Å²) in [5.74, 6) is 0.316. The maximum absolute atomic E-state index is 12.4. The van der Waals surface area contributed by atoms with Gasteiger partial charge < -0.3 is 4.57 Å². The number of rotatable bonds is 6. The highest BCUT2D eigenvalue weighted by Gasteiger charge is 2.26. The summed E-state index contributed by atoms with van der Waals surface area (Å²) in [5, 5.41) is 0. The molecule has 1 heterocycles. The molecule has 0 fully saturated rings. The first kappa shape index (κ1) is 15.5. The smallest absolute Gasteiger partial charge is 0.244 e. The summed E-state index contributed by atoms with van der Waals surface area (Å²) in [4.78, 5) is 0.322. The number of nitrogens with zero attached hydrogens (tertiary/aromatic N) is 2. The second kappa shape index (κ2) is 6.08. The average molecular weight is 293 g/mol. The van der Waals surface area contributed by atoms with Crippen LogP contribution in [-0.2, 0) is 22.4 Å². The minimum atomic E-state index is -3.42. The molecule has 104 valence electrons. The molecular weight excluding hydrogens is 272 g/mol. The summed E-state index contributed by atoms with van der Waals surface area (Å²) in [5.41, 5.74) is 0.829. The molecule has 0 amide bonds. The van der Waals surface area contributed by atoms with Gasteiger partial charge in [0.25, 0.3) is 0 Å². The topological polar surface area (TPSA) is 42.3 Å². The molecule has 1 rings (SSSR count).